The van der Waals surface area contributed by atoms with Crippen LogP contribution in [-0.2, 0) is 6.42 Å². The molecule has 90 valence electrons. The summed E-state index contributed by atoms with van der Waals surface area (Å²) in [5, 5.41) is 16.8. The first kappa shape index (κ1) is 11.6. The van der Waals surface area contributed by atoms with E-state index in [0.717, 1.165) is 17.1 Å². The van der Waals surface area contributed by atoms with Crippen LogP contribution >= 0.6 is 0 Å². The van der Waals surface area contributed by atoms with Crippen molar-refractivity contribution < 1.29 is 9.84 Å². The first-order valence-electron chi connectivity index (χ1n) is 5.59. The Balaban J connectivity index is 2.15. The summed E-state index contributed by atoms with van der Waals surface area (Å²) in [6, 6.07) is 7.63. The van der Waals surface area contributed by atoms with Crippen molar-refractivity contribution in [3.05, 3.63) is 36.2 Å². The highest BCUT2D eigenvalue weighted by atomic mass is 16.5. The lowest BCUT2D eigenvalue weighted by Gasteiger charge is -2.04. The number of nitrogens with zero attached hydrogens (tertiary/aromatic N) is 3. The summed E-state index contributed by atoms with van der Waals surface area (Å²) >= 11 is 0. The number of rotatable bonds is 5. The minimum absolute atomic E-state index is 0.0853. The van der Waals surface area contributed by atoms with Crippen LogP contribution in [0.25, 0.3) is 5.69 Å². The smallest absolute Gasteiger partial charge is 0.119 e. The zero-order valence-corrected chi connectivity index (χ0v) is 9.71. The lowest BCUT2D eigenvalue weighted by atomic mass is 10.3. The van der Waals surface area contributed by atoms with Crippen molar-refractivity contribution in [1.29, 1.82) is 0 Å². The Morgan fingerprint density at radius 1 is 1.29 bits per heavy atom. The Labute approximate surface area is 99.7 Å². The van der Waals surface area contributed by atoms with E-state index in [-0.39, 0.29) is 6.61 Å². The zero-order chi connectivity index (χ0) is 12.1. The average molecular weight is 233 g/mol. The molecular weight excluding hydrogens is 218 g/mol. The number of hydrogen-bond donors (Lipinski definition) is 1. The highest BCUT2D eigenvalue weighted by molar-refractivity contribution is 5.36. The van der Waals surface area contributed by atoms with E-state index in [0.29, 0.717) is 13.0 Å². The SMILES string of the molecule is CCOc1ccc(-n2cc(CCO)nn2)cc1. The molecule has 1 heterocycles. The molecule has 1 aromatic heterocycles. The summed E-state index contributed by atoms with van der Waals surface area (Å²) in [5.74, 6) is 0.840. The van der Waals surface area contributed by atoms with Gasteiger partial charge in [-0.2, -0.15) is 0 Å². The van der Waals surface area contributed by atoms with Crippen molar-refractivity contribution in [2.75, 3.05) is 13.2 Å². The summed E-state index contributed by atoms with van der Waals surface area (Å²) in [6.45, 7) is 2.69. The van der Waals surface area contributed by atoms with Crippen LogP contribution in [0.3, 0.4) is 0 Å². The van der Waals surface area contributed by atoms with Crippen molar-refractivity contribution in [2.24, 2.45) is 0 Å². The summed E-state index contributed by atoms with van der Waals surface area (Å²) < 4.78 is 7.04. The van der Waals surface area contributed by atoms with Crippen LogP contribution in [0.15, 0.2) is 30.5 Å². The molecule has 2 aromatic rings. The third-order valence-corrected chi connectivity index (χ3v) is 2.32. The minimum atomic E-state index is 0.0853. The van der Waals surface area contributed by atoms with E-state index in [4.69, 9.17) is 9.84 Å². The lowest BCUT2D eigenvalue weighted by molar-refractivity contribution is 0.298. The van der Waals surface area contributed by atoms with Crippen LogP contribution in [0, 0.1) is 0 Å². The first-order valence-corrected chi connectivity index (χ1v) is 5.59. The molecule has 1 N–H and O–H groups in total. The van der Waals surface area contributed by atoms with Crippen LogP contribution < -0.4 is 4.74 Å². The average Bonchev–Trinajstić information content (AvgIpc) is 2.80. The maximum absolute atomic E-state index is 8.80. The number of aliphatic hydroxyl groups is 1. The molecule has 0 aliphatic heterocycles. The molecule has 0 radical (unpaired) electrons. The van der Waals surface area contributed by atoms with Crippen molar-refractivity contribution in [1.82, 2.24) is 15.0 Å². The minimum Gasteiger partial charge on any atom is -0.494 e. The van der Waals surface area contributed by atoms with Gasteiger partial charge in [0.25, 0.3) is 0 Å². The maximum Gasteiger partial charge on any atom is 0.119 e. The molecule has 0 aliphatic carbocycles. The fourth-order valence-electron chi connectivity index (χ4n) is 1.52. The van der Waals surface area contributed by atoms with Crippen molar-refractivity contribution in [3.8, 4) is 11.4 Å². The Bertz CT molecular complexity index is 465. The predicted molar refractivity (Wildman–Crippen MR) is 63.3 cm³/mol. The van der Waals surface area contributed by atoms with Gasteiger partial charge in [-0.1, -0.05) is 5.21 Å². The van der Waals surface area contributed by atoms with Gasteiger partial charge in [0.15, 0.2) is 0 Å². The van der Waals surface area contributed by atoms with Crippen LogP contribution in [-0.4, -0.2) is 33.3 Å². The Kier molecular flexibility index (Phi) is 3.72. The molecule has 0 unspecified atom stereocenters. The van der Waals surface area contributed by atoms with E-state index in [1.807, 2.05) is 37.4 Å². The Morgan fingerprint density at radius 2 is 2.06 bits per heavy atom. The molecule has 5 heteroatoms. The molecular formula is C12H15N3O2. The fourth-order valence-corrected chi connectivity index (χ4v) is 1.52. The predicted octanol–water partition coefficient (Wildman–Crippen LogP) is 1.20. The van der Waals surface area contributed by atoms with Crippen LogP contribution in [0.4, 0.5) is 0 Å². The van der Waals surface area contributed by atoms with Gasteiger partial charge in [0.2, 0.25) is 0 Å². The van der Waals surface area contributed by atoms with Gasteiger partial charge in [-0.25, -0.2) is 4.68 Å². The molecule has 0 atom stereocenters. The standard InChI is InChI=1S/C12H15N3O2/c1-2-17-12-5-3-11(4-6-12)15-9-10(7-8-16)13-14-15/h3-6,9,16H,2,7-8H2,1H3. The summed E-state index contributed by atoms with van der Waals surface area (Å²) in [7, 11) is 0. The van der Waals surface area contributed by atoms with Crippen molar-refractivity contribution in [2.45, 2.75) is 13.3 Å². The van der Waals surface area contributed by atoms with E-state index >= 15 is 0 Å². The largest absolute Gasteiger partial charge is 0.494 e. The molecule has 0 fully saturated rings. The van der Waals surface area contributed by atoms with Gasteiger partial charge in [0, 0.05) is 13.0 Å². The normalized spacial score (nSPS) is 10.5. The second kappa shape index (κ2) is 5.45. The zero-order valence-electron chi connectivity index (χ0n) is 9.71. The van der Waals surface area contributed by atoms with Crippen LogP contribution in [0.2, 0.25) is 0 Å². The third-order valence-electron chi connectivity index (χ3n) is 2.32. The molecule has 0 saturated carbocycles. The molecule has 0 saturated heterocycles. The molecule has 2 rings (SSSR count). The van der Waals surface area contributed by atoms with E-state index in [2.05, 4.69) is 10.3 Å². The number of aliphatic hydroxyl groups excluding tert-OH is 1. The molecule has 0 amide bonds. The van der Waals surface area contributed by atoms with E-state index in [9.17, 15) is 0 Å². The Morgan fingerprint density at radius 3 is 2.71 bits per heavy atom. The fraction of sp³-hybridized carbons (Fsp3) is 0.333. The van der Waals surface area contributed by atoms with Crippen LogP contribution in [0.1, 0.15) is 12.6 Å². The second-order valence-corrected chi connectivity index (χ2v) is 3.55. The highest BCUT2D eigenvalue weighted by Crippen LogP contribution is 2.14. The first-order chi connectivity index (χ1) is 8.33. The summed E-state index contributed by atoms with van der Waals surface area (Å²) in [4.78, 5) is 0. The van der Waals surface area contributed by atoms with E-state index < -0.39 is 0 Å². The van der Waals surface area contributed by atoms with Gasteiger partial charge in [0.1, 0.15) is 5.75 Å². The molecule has 5 nitrogen and oxygen atoms in total. The van der Waals surface area contributed by atoms with Gasteiger partial charge in [-0.05, 0) is 31.2 Å². The molecule has 0 aliphatic rings. The van der Waals surface area contributed by atoms with Gasteiger partial charge in [-0.15, -0.1) is 5.10 Å². The number of aromatic nitrogens is 3. The third kappa shape index (κ3) is 2.82. The second-order valence-electron chi connectivity index (χ2n) is 3.55. The van der Waals surface area contributed by atoms with Gasteiger partial charge in [-0.3, -0.25) is 0 Å². The van der Waals surface area contributed by atoms with Crippen LogP contribution in [0.5, 0.6) is 5.75 Å². The number of ether oxygens (including phenoxy) is 1. The quantitative estimate of drug-likeness (QED) is 0.843. The summed E-state index contributed by atoms with van der Waals surface area (Å²) in [6.07, 6.45) is 2.34. The van der Waals surface area contributed by atoms with E-state index in [1.165, 1.54) is 0 Å². The van der Waals surface area contributed by atoms with Gasteiger partial charge < -0.3 is 9.84 Å². The van der Waals surface area contributed by atoms with Crippen molar-refractivity contribution in [3.63, 3.8) is 0 Å². The van der Waals surface area contributed by atoms with Crippen molar-refractivity contribution >= 4 is 0 Å². The monoisotopic (exact) mass is 233 g/mol. The molecule has 0 spiro atoms. The number of hydrogen-bond acceptors (Lipinski definition) is 4. The maximum atomic E-state index is 8.80. The molecule has 1 aromatic carbocycles. The van der Waals surface area contributed by atoms with E-state index in [1.54, 1.807) is 4.68 Å². The summed E-state index contributed by atoms with van der Waals surface area (Å²) in [5.41, 5.74) is 1.70. The van der Waals surface area contributed by atoms with Gasteiger partial charge in [0.05, 0.1) is 24.2 Å². The Hall–Kier alpha value is -1.88. The topological polar surface area (TPSA) is 60.2 Å². The lowest BCUT2D eigenvalue weighted by Crippen LogP contribution is -1.96. The highest BCUT2D eigenvalue weighted by Gasteiger charge is 2.02. The number of benzene rings is 1. The molecule has 0 bridgehead atoms. The molecule has 17 heavy (non-hydrogen) atoms. The van der Waals surface area contributed by atoms with Gasteiger partial charge >= 0.3 is 0 Å².